The van der Waals surface area contributed by atoms with Crippen molar-refractivity contribution in [1.82, 2.24) is 4.98 Å². The van der Waals surface area contributed by atoms with E-state index in [1.807, 2.05) is 30.3 Å². The maximum atomic E-state index is 5.63. The number of ether oxygens (including phenoxy) is 1. The molecule has 106 valence electrons. The van der Waals surface area contributed by atoms with Gasteiger partial charge in [0.05, 0.1) is 5.69 Å². The molecule has 0 bridgehead atoms. The van der Waals surface area contributed by atoms with E-state index in [-0.39, 0.29) is 6.10 Å². The van der Waals surface area contributed by atoms with Gasteiger partial charge in [0.15, 0.2) is 0 Å². The van der Waals surface area contributed by atoms with Gasteiger partial charge < -0.3 is 4.74 Å². The van der Waals surface area contributed by atoms with Gasteiger partial charge >= 0.3 is 0 Å². The van der Waals surface area contributed by atoms with Crippen LogP contribution in [0.4, 0.5) is 0 Å². The van der Waals surface area contributed by atoms with Crippen molar-refractivity contribution >= 4 is 27.3 Å². The molecular weight excluding hydrogens is 346 g/mol. The first-order chi connectivity index (χ1) is 10.3. The molecular formula is C17H14BrNOS. The van der Waals surface area contributed by atoms with E-state index in [1.54, 1.807) is 18.4 Å². The third-order valence-electron chi connectivity index (χ3n) is 3.20. The van der Waals surface area contributed by atoms with Crippen molar-refractivity contribution in [3.8, 4) is 11.3 Å². The Hall–Kier alpha value is -1.49. The Kier molecular flexibility index (Phi) is 4.48. The average Bonchev–Trinajstić information content (AvgIpc) is 2.99. The first-order valence-corrected chi connectivity index (χ1v) is 8.24. The number of rotatable bonds is 4. The Bertz CT molecular complexity index is 726. The lowest BCUT2D eigenvalue weighted by molar-refractivity contribution is 0.136. The van der Waals surface area contributed by atoms with Crippen molar-refractivity contribution in [3.05, 3.63) is 75.0 Å². The predicted molar refractivity (Wildman–Crippen MR) is 90.5 cm³/mol. The second kappa shape index (κ2) is 6.52. The van der Waals surface area contributed by atoms with E-state index in [4.69, 9.17) is 9.72 Å². The maximum Gasteiger partial charge on any atom is 0.134 e. The molecule has 1 heterocycles. The minimum atomic E-state index is -0.114. The van der Waals surface area contributed by atoms with Gasteiger partial charge in [-0.25, -0.2) is 4.98 Å². The van der Waals surface area contributed by atoms with E-state index in [9.17, 15) is 0 Å². The number of nitrogens with zero attached hydrogens (tertiary/aromatic N) is 1. The fourth-order valence-corrected chi connectivity index (χ4v) is 3.52. The lowest BCUT2D eigenvalue weighted by Gasteiger charge is -2.12. The van der Waals surface area contributed by atoms with Crippen LogP contribution >= 0.6 is 27.3 Å². The maximum absolute atomic E-state index is 5.63. The van der Waals surface area contributed by atoms with Gasteiger partial charge in [-0.15, -0.1) is 11.3 Å². The number of hydrogen-bond donors (Lipinski definition) is 0. The smallest absolute Gasteiger partial charge is 0.134 e. The van der Waals surface area contributed by atoms with Crippen LogP contribution in [-0.2, 0) is 4.74 Å². The van der Waals surface area contributed by atoms with E-state index < -0.39 is 0 Å². The second-order valence-electron chi connectivity index (χ2n) is 4.61. The highest BCUT2D eigenvalue weighted by molar-refractivity contribution is 9.10. The second-order valence-corrected chi connectivity index (χ2v) is 6.41. The molecule has 0 amide bonds. The van der Waals surface area contributed by atoms with Gasteiger partial charge in [0.25, 0.3) is 0 Å². The molecule has 0 N–H and O–H groups in total. The van der Waals surface area contributed by atoms with Crippen molar-refractivity contribution in [2.75, 3.05) is 7.11 Å². The largest absolute Gasteiger partial charge is 0.370 e. The van der Waals surface area contributed by atoms with E-state index in [2.05, 4.69) is 45.6 Å². The van der Waals surface area contributed by atoms with Crippen molar-refractivity contribution in [2.24, 2.45) is 0 Å². The van der Waals surface area contributed by atoms with Crippen molar-refractivity contribution in [1.29, 1.82) is 0 Å². The Morgan fingerprint density at radius 3 is 2.62 bits per heavy atom. The molecule has 1 unspecified atom stereocenters. The summed E-state index contributed by atoms with van der Waals surface area (Å²) in [6.45, 7) is 0. The lowest BCUT2D eigenvalue weighted by atomic mass is 10.1. The molecule has 1 aromatic heterocycles. The van der Waals surface area contributed by atoms with Gasteiger partial charge in [0, 0.05) is 22.5 Å². The standard InChI is InChI=1S/C17H14BrNOS/c1-20-16(12-6-3-2-4-7-12)17-19-15(11-21-17)13-8-5-9-14(18)10-13/h2-11,16H,1H3. The van der Waals surface area contributed by atoms with Crippen LogP contribution in [0.15, 0.2) is 64.5 Å². The van der Waals surface area contributed by atoms with Crippen molar-refractivity contribution < 1.29 is 4.74 Å². The predicted octanol–water partition coefficient (Wildman–Crippen LogP) is 5.31. The summed E-state index contributed by atoms with van der Waals surface area (Å²) < 4.78 is 6.69. The van der Waals surface area contributed by atoms with E-state index >= 15 is 0 Å². The minimum absolute atomic E-state index is 0.114. The fourth-order valence-electron chi connectivity index (χ4n) is 2.20. The molecule has 0 aliphatic heterocycles. The summed E-state index contributed by atoms with van der Waals surface area (Å²) in [7, 11) is 1.72. The highest BCUT2D eigenvalue weighted by Crippen LogP contribution is 2.31. The van der Waals surface area contributed by atoms with Gasteiger partial charge in [0.2, 0.25) is 0 Å². The van der Waals surface area contributed by atoms with Crippen LogP contribution in [0.2, 0.25) is 0 Å². The topological polar surface area (TPSA) is 22.1 Å². The summed E-state index contributed by atoms with van der Waals surface area (Å²) in [4.78, 5) is 4.74. The SMILES string of the molecule is COC(c1ccccc1)c1nc(-c2cccc(Br)c2)cs1. The van der Waals surface area contributed by atoms with E-state index in [0.29, 0.717) is 0 Å². The number of methoxy groups -OCH3 is 1. The summed E-state index contributed by atoms with van der Waals surface area (Å²) in [5.74, 6) is 0. The minimum Gasteiger partial charge on any atom is -0.370 e. The summed E-state index contributed by atoms with van der Waals surface area (Å²) in [5, 5.41) is 3.05. The molecule has 3 aromatic rings. The normalized spacial score (nSPS) is 12.3. The van der Waals surface area contributed by atoms with Gasteiger partial charge in [-0.05, 0) is 17.7 Å². The molecule has 0 saturated carbocycles. The zero-order valence-electron chi connectivity index (χ0n) is 11.5. The van der Waals surface area contributed by atoms with E-state index in [0.717, 1.165) is 26.3 Å². The molecule has 2 nitrogen and oxygen atoms in total. The van der Waals surface area contributed by atoms with Gasteiger partial charge in [-0.2, -0.15) is 0 Å². The van der Waals surface area contributed by atoms with Crippen LogP contribution in [0, 0.1) is 0 Å². The zero-order chi connectivity index (χ0) is 14.7. The Labute approximate surface area is 136 Å². The van der Waals surface area contributed by atoms with Crippen LogP contribution in [0.3, 0.4) is 0 Å². The summed E-state index contributed by atoms with van der Waals surface area (Å²) in [6, 6.07) is 18.3. The molecule has 3 rings (SSSR count). The van der Waals surface area contributed by atoms with Gasteiger partial charge in [0.1, 0.15) is 11.1 Å². The Morgan fingerprint density at radius 2 is 1.90 bits per heavy atom. The van der Waals surface area contributed by atoms with Crippen LogP contribution in [0.5, 0.6) is 0 Å². The molecule has 0 saturated heterocycles. The summed E-state index contributed by atoms with van der Waals surface area (Å²) in [6.07, 6.45) is -0.114. The number of halogens is 1. The highest BCUT2D eigenvalue weighted by Gasteiger charge is 2.17. The Morgan fingerprint density at radius 1 is 1.10 bits per heavy atom. The summed E-state index contributed by atoms with van der Waals surface area (Å²) >= 11 is 5.12. The molecule has 2 aromatic carbocycles. The van der Waals surface area contributed by atoms with Gasteiger partial charge in [-0.3, -0.25) is 0 Å². The quantitative estimate of drug-likeness (QED) is 0.629. The number of aromatic nitrogens is 1. The molecule has 21 heavy (non-hydrogen) atoms. The lowest BCUT2D eigenvalue weighted by Crippen LogP contribution is -2.02. The first-order valence-electron chi connectivity index (χ1n) is 6.57. The first kappa shape index (κ1) is 14.4. The zero-order valence-corrected chi connectivity index (χ0v) is 13.9. The number of hydrogen-bond acceptors (Lipinski definition) is 3. The van der Waals surface area contributed by atoms with Crippen molar-refractivity contribution in [2.45, 2.75) is 6.10 Å². The monoisotopic (exact) mass is 359 g/mol. The molecule has 0 fully saturated rings. The van der Waals surface area contributed by atoms with Crippen LogP contribution in [-0.4, -0.2) is 12.1 Å². The Balaban J connectivity index is 1.94. The number of thiazole rings is 1. The van der Waals surface area contributed by atoms with Crippen LogP contribution < -0.4 is 0 Å². The average molecular weight is 360 g/mol. The fraction of sp³-hybridized carbons (Fsp3) is 0.118. The van der Waals surface area contributed by atoms with Crippen LogP contribution in [0.25, 0.3) is 11.3 Å². The molecule has 0 aliphatic carbocycles. The molecule has 0 radical (unpaired) electrons. The highest BCUT2D eigenvalue weighted by atomic mass is 79.9. The van der Waals surface area contributed by atoms with Crippen LogP contribution in [0.1, 0.15) is 16.7 Å². The third-order valence-corrected chi connectivity index (χ3v) is 4.59. The number of benzene rings is 2. The third kappa shape index (κ3) is 3.23. The van der Waals surface area contributed by atoms with E-state index in [1.165, 1.54) is 0 Å². The molecule has 4 heteroatoms. The summed E-state index contributed by atoms with van der Waals surface area (Å²) in [5.41, 5.74) is 3.21. The molecule has 1 atom stereocenters. The molecule has 0 spiro atoms. The van der Waals surface area contributed by atoms with Gasteiger partial charge in [-0.1, -0.05) is 58.4 Å². The molecule has 0 aliphatic rings. The van der Waals surface area contributed by atoms with Crippen molar-refractivity contribution in [3.63, 3.8) is 0 Å².